The normalized spacial score (nSPS) is 14.0. The summed E-state index contributed by atoms with van der Waals surface area (Å²) in [6.07, 6.45) is -1.25. The Hall–Kier alpha value is -1.23. The second-order valence-electron chi connectivity index (χ2n) is 7.42. The van der Waals surface area contributed by atoms with Crippen molar-refractivity contribution in [1.82, 2.24) is 0 Å². The molecule has 0 bridgehead atoms. The van der Waals surface area contributed by atoms with Crippen molar-refractivity contribution in [2.75, 3.05) is 30.6 Å². The molecule has 0 aliphatic heterocycles. The largest absolute Gasteiger partial charge is 0.492 e. The molecule has 0 saturated heterocycles. The van der Waals surface area contributed by atoms with Crippen LogP contribution in [-0.4, -0.2) is 58.6 Å². The van der Waals surface area contributed by atoms with E-state index in [0.29, 0.717) is 18.2 Å². The first kappa shape index (κ1) is 28.0. The van der Waals surface area contributed by atoms with E-state index in [1.165, 1.54) is 43.3 Å². The summed E-state index contributed by atoms with van der Waals surface area (Å²) in [6, 6.07) is 7.99. The van der Waals surface area contributed by atoms with Gasteiger partial charge in [0.2, 0.25) is 9.84 Å². The van der Waals surface area contributed by atoms with Crippen molar-refractivity contribution >= 4 is 54.5 Å². The fourth-order valence-corrected chi connectivity index (χ4v) is 5.51. The zero-order valence-corrected chi connectivity index (χ0v) is 21.9. The second-order valence-corrected chi connectivity index (χ2v) is 12.9. The third kappa shape index (κ3) is 7.90. The number of halogens is 3. The number of benzene rings is 2. The number of ether oxygens (including phenoxy) is 2. The maximum Gasteiger partial charge on any atom is 0.206 e. The van der Waals surface area contributed by atoms with Crippen molar-refractivity contribution in [3.8, 4) is 11.5 Å². The van der Waals surface area contributed by atoms with Crippen LogP contribution in [0, 0.1) is 5.92 Å². The molecule has 33 heavy (non-hydrogen) atoms. The van der Waals surface area contributed by atoms with Gasteiger partial charge in [-0.2, -0.15) is 0 Å². The molecule has 0 aliphatic rings. The number of aliphatic hydroxyl groups excluding tert-OH is 1. The molecule has 2 atom stereocenters. The van der Waals surface area contributed by atoms with Gasteiger partial charge in [-0.3, -0.25) is 0 Å². The molecular weight excluding hydrogens is 535 g/mol. The van der Waals surface area contributed by atoms with E-state index in [1.807, 2.05) is 6.92 Å². The summed E-state index contributed by atoms with van der Waals surface area (Å²) in [5.41, 5.74) is 0. The Morgan fingerprint density at radius 3 is 1.82 bits per heavy atom. The quantitative estimate of drug-likeness (QED) is 0.387. The summed E-state index contributed by atoms with van der Waals surface area (Å²) in [4.78, 5) is -0.135. The van der Waals surface area contributed by atoms with Crippen LogP contribution in [0.4, 0.5) is 0 Å². The Bertz CT molecular complexity index is 1170. The van der Waals surface area contributed by atoms with Gasteiger partial charge in [-0.15, -0.1) is 11.6 Å². The lowest BCUT2D eigenvalue weighted by Crippen LogP contribution is -2.28. The topological polar surface area (TPSA) is 107 Å². The molecule has 0 unspecified atom stereocenters. The van der Waals surface area contributed by atoms with E-state index < -0.39 is 31.5 Å². The Morgan fingerprint density at radius 2 is 1.39 bits per heavy atom. The van der Waals surface area contributed by atoms with Gasteiger partial charge in [0, 0.05) is 17.6 Å². The number of hydrogen-bond donors (Lipinski definition) is 1. The van der Waals surface area contributed by atoms with E-state index in [-0.39, 0.29) is 43.9 Å². The second kappa shape index (κ2) is 12.0. The van der Waals surface area contributed by atoms with Crippen molar-refractivity contribution in [3.63, 3.8) is 0 Å². The molecule has 184 valence electrons. The van der Waals surface area contributed by atoms with Gasteiger partial charge in [0.05, 0.1) is 32.2 Å². The average Bonchev–Trinajstić information content (AvgIpc) is 2.76. The van der Waals surface area contributed by atoms with Crippen LogP contribution in [0.25, 0.3) is 0 Å². The lowest BCUT2D eigenvalue weighted by Gasteiger charge is -2.14. The smallest absolute Gasteiger partial charge is 0.206 e. The highest BCUT2D eigenvalue weighted by Gasteiger charge is 2.22. The number of rotatable bonds is 12. The molecule has 0 heterocycles. The van der Waals surface area contributed by atoms with E-state index >= 15 is 0 Å². The zero-order chi connectivity index (χ0) is 24.8. The van der Waals surface area contributed by atoms with Crippen molar-refractivity contribution in [1.29, 1.82) is 0 Å². The van der Waals surface area contributed by atoms with Crippen LogP contribution in [0.3, 0.4) is 0 Å². The lowest BCUT2D eigenvalue weighted by molar-refractivity contribution is 0.125. The van der Waals surface area contributed by atoms with Crippen LogP contribution < -0.4 is 9.47 Å². The number of alkyl halides is 1. The lowest BCUT2D eigenvalue weighted by atomic mass is 10.2. The summed E-state index contributed by atoms with van der Waals surface area (Å²) < 4.78 is 60.1. The molecule has 0 fully saturated rings. The van der Waals surface area contributed by atoms with E-state index in [1.54, 1.807) is 0 Å². The summed E-state index contributed by atoms with van der Waals surface area (Å²) >= 11 is 18.1. The van der Waals surface area contributed by atoms with Crippen molar-refractivity contribution in [2.24, 2.45) is 5.92 Å². The first-order chi connectivity index (χ1) is 15.4. The van der Waals surface area contributed by atoms with Gasteiger partial charge in [0.1, 0.15) is 24.2 Å². The van der Waals surface area contributed by atoms with Crippen LogP contribution in [0.1, 0.15) is 13.8 Å². The fraction of sp³-hybridized carbons (Fsp3) is 0.429. The maximum atomic E-state index is 13.0. The predicted molar refractivity (Wildman–Crippen MR) is 130 cm³/mol. The highest BCUT2D eigenvalue weighted by atomic mass is 35.5. The molecule has 12 heteroatoms. The van der Waals surface area contributed by atoms with Gasteiger partial charge in [0.25, 0.3) is 0 Å². The van der Waals surface area contributed by atoms with Crippen LogP contribution >= 0.6 is 34.8 Å². The minimum Gasteiger partial charge on any atom is -0.492 e. The molecule has 0 saturated carbocycles. The highest BCUT2D eigenvalue weighted by molar-refractivity contribution is 7.91. The van der Waals surface area contributed by atoms with Gasteiger partial charge in [-0.05, 0) is 36.4 Å². The molecule has 2 rings (SSSR count). The van der Waals surface area contributed by atoms with E-state index in [4.69, 9.17) is 44.3 Å². The molecule has 0 radical (unpaired) electrons. The molecular formula is C21H25Cl3O7S2. The van der Waals surface area contributed by atoms with Gasteiger partial charge in [-0.1, -0.05) is 37.0 Å². The summed E-state index contributed by atoms with van der Waals surface area (Å²) in [5.74, 6) is 0.434. The van der Waals surface area contributed by atoms with E-state index in [9.17, 15) is 21.9 Å². The van der Waals surface area contributed by atoms with Crippen LogP contribution in [0.5, 0.6) is 11.5 Å². The Kier molecular flexibility index (Phi) is 10.1. The van der Waals surface area contributed by atoms with Gasteiger partial charge < -0.3 is 14.6 Å². The molecule has 1 N–H and O–H groups in total. The summed E-state index contributed by atoms with van der Waals surface area (Å²) in [6.45, 7) is 3.41. The van der Waals surface area contributed by atoms with Crippen molar-refractivity contribution in [3.05, 3.63) is 46.4 Å². The van der Waals surface area contributed by atoms with E-state index in [0.717, 1.165) is 0 Å². The Balaban J connectivity index is 2.15. The van der Waals surface area contributed by atoms with Gasteiger partial charge in [-0.25, -0.2) is 16.8 Å². The number of aliphatic hydroxyl groups is 1. The number of sulfone groups is 2. The Morgan fingerprint density at radius 1 is 0.909 bits per heavy atom. The molecule has 0 spiro atoms. The first-order valence-electron chi connectivity index (χ1n) is 9.93. The third-order valence-corrected chi connectivity index (χ3v) is 9.17. The molecule has 7 nitrogen and oxygen atoms in total. The van der Waals surface area contributed by atoms with Crippen LogP contribution in [0.15, 0.2) is 46.2 Å². The standard InChI is InChI=1S/C21H25Cl3O7S2/c1-3-32(26,27)13-15(25)12-31-21-7-5-17(9-19(21)24)33(28,29)16-4-6-20(18(23)8-16)30-11-14(2)10-22/h4-9,14-15,25H,3,10-13H2,1-2H3/t14-,15+/m0/s1. The van der Waals surface area contributed by atoms with Crippen LogP contribution in [0.2, 0.25) is 10.0 Å². The monoisotopic (exact) mass is 558 g/mol. The summed E-state index contributed by atoms with van der Waals surface area (Å²) in [5, 5.41) is 9.99. The third-order valence-electron chi connectivity index (χ3n) is 4.53. The minimum atomic E-state index is -3.94. The predicted octanol–water partition coefficient (Wildman–Crippen LogP) is 4.25. The SMILES string of the molecule is CCS(=O)(=O)C[C@H](O)COc1ccc(S(=O)(=O)c2ccc(OC[C@@H](C)CCl)c(Cl)c2)cc1Cl. The molecule has 0 amide bonds. The average molecular weight is 560 g/mol. The van der Waals surface area contributed by atoms with Crippen molar-refractivity contribution in [2.45, 2.75) is 29.7 Å². The molecule has 0 aromatic heterocycles. The van der Waals surface area contributed by atoms with Gasteiger partial charge in [0.15, 0.2) is 9.84 Å². The van der Waals surface area contributed by atoms with E-state index in [2.05, 4.69) is 0 Å². The molecule has 2 aromatic carbocycles. The number of hydrogen-bond acceptors (Lipinski definition) is 7. The zero-order valence-electron chi connectivity index (χ0n) is 18.0. The van der Waals surface area contributed by atoms with Crippen molar-refractivity contribution < 1.29 is 31.4 Å². The minimum absolute atomic E-state index is 0.0114. The van der Waals surface area contributed by atoms with Crippen LogP contribution in [-0.2, 0) is 19.7 Å². The summed E-state index contributed by atoms with van der Waals surface area (Å²) in [7, 11) is -7.32. The van der Waals surface area contributed by atoms with Gasteiger partial charge >= 0.3 is 0 Å². The first-order valence-corrected chi connectivity index (χ1v) is 14.5. The maximum absolute atomic E-state index is 13.0. The molecule has 0 aliphatic carbocycles. The molecule has 2 aromatic rings. The fourth-order valence-electron chi connectivity index (χ4n) is 2.59. The Labute approximate surface area is 209 Å². The highest BCUT2D eigenvalue weighted by Crippen LogP contribution is 2.33.